The molecule has 0 unspecified atom stereocenters. The predicted octanol–water partition coefficient (Wildman–Crippen LogP) is 4.66. The van der Waals surface area contributed by atoms with Gasteiger partial charge in [0.25, 0.3) is 0 Å². The van der Waals surface area contributed by atoms with Crippen molar-refractivity contribution in [2.24, 2.45) is 0 Å². The Morgan fingerprint density at radius 1 is 0.750 bits per heavy atom. The van der Waals surface area contributed by atoms with E-state index in [2.05, 4.69) is 30.6 Å². The lowest BCUT2D eigenvalue weighted by atomic mass is 10.2. The van der Waals surface area contributed by atoms with Crippen LogP contribution in [0, 0.1) is 0 Å². The van der Waals surface area contributed by atoms with E-state index >= 15 is 0 Å². The third-order valence-corrected chi connectivity index (χ3v) is 5.28. The number of nitrogens with zero attached hydrogens (tertiary/aromatic N) is 4. The molecule has 9 heteroatoms. The standard InChI is InChI=1S/C19H23F3N6/c20-19(21,22)15-11-5-10-14(25-15)16-26-17(23-12-6-1-2-7-12)28-18(27-16)24-13-8-3-4-9-13/h5,10-13H,1-4,6-9H2,(H2,23,24,26,27,28). The first-order valence-corrected chi connectivity index (χ1v) is 9.81. The number of anilines is 2. The molecule has 2 saturated carbocycles. The van der Waals surface area contributed by atoms with Crippen LogP contribution in [0.3, 0.4) is 0 Å². The van der Waals surface area contributed by atoms with Gasteiger partial charge in [-0.3, -0.25) is 0 Å². The Balaban J connectivity index is 1.66. The van der Waals surface area contributed by atoms with E-state index in [1.165, 1.54) is 12.1 Å². The fraction of sp³-hybridized carbons (Fsp3) is 0.579. The van der Waals surface area contributed by atoms with Gasteiger partial charge in [-0.1, -0.05) is 31.7 Å². The predicted molar refractivity (Wildman–Crippen MR) is 99.8 cm³/mol. The van der Waals surface area contributed by atoms with Crippen LogP contribution in [-0.4, -0.2) is 32.0 Å². The molecule has 0 atom stereocenters. The molecule has 0 radical (unpaired) electrons. The van der Waals surface area contributed by atoms with Crippen molar-refractivity contribution < 1.29 is 13.2 Å². The van der Waals surface area contributed by atoms with Crippen molar-refractivity contribution in [3.63, 3.8) is 0 Å². The van der Waals surface area contributed by atoms with E-state index < -0.39 is 11.9 Å². The lowest BCUT2D eigenvalue weighted by Crippen LogP contribution is -2.21. The van der Waals surface area contributed by atoms with E-state index in [9.17, 15) is 13.2 Å². The maximum atomic E-state index is 13.0. The van der Waals surface area contributed by atoms with Crippen LogP contribution >= 0.6 is 0 Å². The van der Waals surface area contributed by atoms with E-state index in [1.54, 1.807) is 0 Å². The van der Waals surface area contributed by atoms with Crippen LogP contribution in [0.2, 0.25) is 0 Å². The number of alkyl halides is 3. The molecule has 2 fully saturated rings. The van der Waals surface area contributed by atoms with Crippen molar-refractivity contribution in [1.29, 1.82) is 0 Å². The number of hydrogen-bond donors (Lipinski definition) is 2. The first kappa shape index (κ1) is 18.9. The molecule has 150 valence electrons. The second kappa shape index (κ2) is 7.89. The van der Waals surface area contributed by atoms with Gasteiger partial charge in [-0.2, -0.15) is 28.1 Å². The maximum absolute atomic E-state index is 13.0. The summed E-state index contributed by atoms with van der Waals surface area (Å²) in [5.41, 5.74) is -0.873. The molecule has 4 rings (SSSR count). The summed E-state index contributed by atoms with van der Waals surface area (Å²) >= 11 is 0. The molecule has 2 aliphatic carbocycles. The van der Waals surface area contributed by atoms with Gasteiger partial charge in [-0.15, -0.1) is 0 Å². The fourth-order valence-corrected chi connectivity index (χ4v) is 3.84. The molecule has 2 aliphatic rings. The Morgan fingerprint density at radius 2 is 1.29 bits per heavy atom. The van der Waals surface area contributed by atoms with Crippen molar-refractivity contribution in [1.82, 2.24) is 19.9 Å². The van der Waals surface area contributed by atoms with Crippen molar-refractivity contribution in [2.75, 3.05) is 10.6 Å². The van der Waals surface area contributed by atoms with Gasteiger partial charge in [0.2, 0.25) is 11.9 Å². The van der Waals surface area contributed by atoms with E-state index in [1.807, 2.05) is 0 Å². The quantitative estimate of drug-likeness (QED) is 0.771. The average Bonchev–Trinajstić information content (AvgIpc) is 3.35. The topological polar surface area (TPSA) is 75.6 Å². The summed E-state index contributed by atoms with van der Waals surface area (Å²) in [4.78, 5) is 16.9. The highest BCUT2D eigenvalue weighted by molar-refractivity contribution is 5.54. The SMILES string of the molecule is FC(F)(F)c1cccc(-c2nc(NC3CCCC3)nc(NC3CCCC3)n2)n1. The number of rotatable bonds is 5. The molecule has 2 heterocycles. The maximum Gasteiger partial charge on any atom is 0.433 e. The summed E-state index contributed by atoms with van der Waals surface area (Å²) in [5.74, 6) is 0.912. The first-order chi connectivity index (χ1) is 13.5. The highest BCUT2D eigenvalue weighted by Gasteiger charge is 2.32. The van der Waals surface area contributed by atoms with E-state index in [0.717, 1.165) is 57.4 Å². The lowest BCUT2D eigenvalue weighted by molar-refractivity contribution is -0.141. The molecule has 0 spiro atoms. The molecule has 0 saturated heterocycles. The minimum absolute atomic E-state index is 0.0844. The molecular formula is C19H23F3N6. The van der Waals surface area contributed by atoms with Crippen LogP contribution in [0.5, 0.6) is 0 Å². The largest absolute Gasteiger partial charge is 0.433 e. The number of pyridine rings is 1. The van der Waals surface area contributed by atoms with Crippen LogP contribution < -0.4 is 10.6 Å². The summed E-state index contributed by atoms with van der Waals surface area (Å²) < 4.78 is 39.1. The Labute approximate surface area is 161 Å². The average molecular weight is 392 g/mol. The van der Waals surface area contributed by atoms with Crippen LogP contribution in [-0.2, 0) is 6.18 Å². The third kappa shape index (κ3) is 4.51. The van der Waals surface area contributed by atoms with Gasteiger partial charge >= 0.3 is 6.18 Å². The molecule has 6 nitrogen and oxygen atoms in total. The van der Waals surface area contributed by atoms with E-state index in [4.69, 9.17) is 0 Å². The highest BCUT2D eigenvalue weighted by Crippen LogP contribution is 2.29. The van der Waals surface area contributed by atoms with E-state index in [0.29, 0.717) is 11.9 Å². The molecule has 28 heavy (non-hydrogen) atoms. The Kier molecular flexibility index (Phi) is 5.32. The van der Waals surface area contributed by atoms with Crippen molar-refractivity contribution in [3.8, 4) is 11.5 Å². The number of hydrogen-bond acceptors (Lipinski definition) is 6. The summed E-state index contributed by atoms with van der Waals surface area (Å²) in [6.07, 6.45) is 4.23. The Bertz CT molecular complexity index is 777. The minimum Gasteiger partial charge on any atom is -0.351 e. The summed E-state index contributed by atoms with van der Waals surface area (Å²) in [6.45, 7) is 0. The second-order valence-corrected chi connectivity index (χ2v) is 7.46. The van der Waals surface area contributed by atoms with Gasteiger partial charge in [0, 0.05) is 12.1 Å². The van der Waals surface area contributed by atoms with Gasteiger partial charge in [0.15, 0.2) is 5.82 Å². The Morgan fingerprint density at radius 3 is 1.79 bits per heavy atom. The number of halogens is 3. The first-order valence-electron chi connectivity index (χ1n) is 9.81. The molecule has 0 bridgehead atoms. The zero-order chi connectivity index (χ0) is 19.6. The number of nitrogens with one attached hydrogen (secondary N) is 2. The van der Waals surface area contributed by atoms with Crippen LogP contribution in [0.25, 0.3) is 11.5 Å². The Hall–Kier alpha value is -2.45. The molecular weight excluding hydrogens is 369 g/mol. The molecule has 2 N–H and O–H groups in total. The molecule has 0 amide bonds. The highest BCUT2D eigenvalue weighted by atomic mass is 19.4. The van der Waals surface area contributed by atoms with Crippen molar-refractivity contribution in [3.05, 3.63) is 23.9 Å². The van der Waals surface area contributed by atoms with Gasteiger partial charge in [0.05, 0.1) is 0 Å². The third-order valence-electron chi connectivity index (χ3n) is 5.28. The van der Waals surface area contributed by atoms with Crippen LogP contribution in [0.1, 0.15) is 57.1 Å². The van der Waals surface area contributed by atoms with Gasteiger partial charge in [-0.25, -0.2) is 4.98 Å². The normalized spacial score (nSPS) is 18.5. The number of aromatic nitrogens is 4. The molecule has 2 aromatic heterocycles. The monoisotopic (exact) mass is 392 g/mol. The van der Waals surface area contributed by atoms with Crippen molar-refractivity contribution >= 4 is 11.9 Å². The smallest absolute Gasteiger partial charge is 0.351 e. The van der Waals surface area contributed by atoms with Crippen LogP contribution in [0.4, 0.5) is 25.1 Å². The van der Waals surface area contributed by atoms with Crippen LogP contribution in [0.15, 0.2) is 18.2 Å². The van der Waals surface area contributed by atoms with Crippen molar-refractivity contribution in [2.45, 2.75) is 69.6 Å². The van der Waals surface area contributed by atoms with Gasteiger partial charge < -0.3 is 10.6 Å². The second-order valence-electron chi connectivity index (χ2n) is 7.46. The minimum atomic E-state index is -4.51. The lowest BCUT2D eigenvalue weighted by Gasteiger charge is -2.16. The zero-order valence-electron chi connectivity index (χ0n) is 15.5. The molecule has 2 aromatic rings. The van der Waals surface area contributed by atoms with Gasteiger partial charge in [-0.05, 0) is 37.8 Å². The zero-order valence-corrected chi connectivity index (χ0v) is 15.5. The summed E-state index contributed by atoms with van der Waals surface area (Å²) in [5, 5.41) is 6.62. The van der Waals surface area contributed by atoms with E-state index in [-0.39, 0.29) is 23.6 Å². The fourth-order valence-electron chi connectivity index (χ4n) is 3.84. The molecule has 0 aromatic carbocycles. The molecule has 0 aliphatic heterocycles. The summed E-state index contributed by atoms with van der Waals surface area (Å²) in [7, 11) is 0. The van der Waals surface area contributed by atoms with Gasteiger partial charge in [0.1, 0.15) is 11.4 Å². The summed E-state index contributed by atoms with van der Waals surface area (Å²) in [6, 6.07) is 4.32.